The molecule has 3 nitrogen and oxygen atoms in total. The van der Waals surface area contributed by atoms with Crippen LogP contribution in [0.1, 0.15) is 77.8 Å². The van der Waals surface area contributed by atoms with Gasteiger partial charge in [0.2, 0.25) is 0 Å². The Hall–Kier alpha value is -2.46. The third-order valence-electron chi connectivity index (χ3n) is 6.42. The number of rotatable bonds is 8. The Bertz CT molecular complexity index is 1010. The molecule has 2 aromatic carbocycles. The van der Waals surface area contributed by atoms with Crippen molar-refractivity contribution in [3.05, 3.63) is 59.4 Å². The summed E-state index contributed by atoms with van der Waals surface area (Å²) in [5, 5.41) is 4.12. The van der Waals surface area contributed by atoms with Gasteiger partial charge in [-0.15, -0.1) is 0 Å². The van der Waals surface area contributed by atoms with Gasteiger partial charge in [0.05, 0.1) is 11.2 Å². The van der Waals surface area contributed by atoms with Crippen molar-refractivity contribution in [2.45, 2.75) is 79.6 Å². The minimum Gasteiger partial charge on any atom is -0.371 e. The summed E-state index contributed by atoms with van der Waals surface area (Å²) in [7, 11) is 1.99. The Kier molecular flexibility index (Phi) is 12.8. The lowest BCUT2D eigenvalue weighted by atomic mass is 10.0. The van der Waals surface area contributed by atoms with Crippen molar-refractivity contribution in [1.82, 2.24) is 10.3 Å². The topological polar surface area (TPSA) is 28.2 Å². The fraction of sp³-hybridized carbons (Fsp3) is 0.516. The molecule has 1 aliphatic rings. The van der Waals surface area contributed by atoms with Gasteiger partial charge < -0.3 is 10.2 Å². The van der Waals surface area contributed by atoms with Gasteiger partial charge in [0.25, 0.3) is 0 Å². The Morgan fingerprint density at radius 1 is 0.943 bits per heavy atom. The van der Waals surface area contributed by atoms with E-state index < -0.39 is 0 Å². The van der Waals surface area contributed by atoms with E-state index in [-0.39, 0.29) is 5.82 Å². The van der Waals surface area contributed by atoms with Gasteiger partial charge in [-0.2, -0.15) is 0 Å². The third kappa shape index (κ3) is 8.03. The highest BCUT2D eigenvalue weighted by molar-refractivity contribution is 5.95. The smallest absolute Gasteiger partial charge is 0.127 e. The zero-order valence-corrected chi connectivity index (χ0v) is 22.9. The fourth-order valence-corrected chi connectivity index (χ4v) is 4.22. The number of aromatic nitrogens is 1. The first-order valence-corrected chi connectivity index (χ1v) is 13.7. The molecule has 0 saturated carbocycles. The molecule has 1 N–H and O–H groups in total. The molecule has 0 unspecified atom stereocenters. The second-order valence-corrected chi connectivity index (χ2v) is 8.94. The van der Waals surface area contributed by atoms with Crippen LogP contribution >= 0.6 is 0 Å². The number of unbranched alkanes of at least 4 members (excludes halogenated alkanes) is 1. The SMILES string of the molecule is CC.CCCC.CCc1cc2nc(-c3ccc(CCCNC)cc3)cc(N3CCCC3)c2cc1F. The molecule has 35 heavy (non-hydrogen) atoms. The molecule has 0 spiro atoms. The molecule has 3 aromatic rings. The van der Waals surface area contributed by atoms with E-state index >= 15 is 0 Å². The number of hydrogen-bond acceptors (Lipinski definition) is 3. The van der Waals surface area contributed by atoms with Gasteiger partial charge >= 0.3 is 0 Å². The van der Waals surface area contributed by atoms with E-state index in [1.54, 1.807) is 6.07 Å². The standard InChI is InChI=1S/C25H30FN3.C4H10.C2H6/c1-3-19-15-24-21(16-22(19)26)25(29-13-4-5-14-29)17-23(28-24)20-10-8-18(9-11-20)7-6-12-27-2;1-3-4-2;1-2/h8-11,15-17,27H,3-7,12-14H2,1-2H3;3-4H2,1-2H3;1-2H3. The van der Waals surface area contributed by atoms with Crippen LogP contribution in [0, 0.1) is 5.82 Å². The molecule has 1 saturated heterocycles. The number of pyridine rings is 1. The molecule has 4 heteroatoms. The van der Waals surface area contributed by atoms with E-state index in [1.165, 1.54) is 31.2 Å². The third-order valence-corrected chi connectivity index (χ3v) is 6.42. The predicted octanol–water partition coefficient (Wildman–Crippen LogP) is 8.19. The van der Waals surface area contributed by atoms with Gasteiger partial charge in [0.1, 0.15) is 5.82 Å². The Morgan fingerprint density at radius 2 is 1.60 bits per heavy atom. The molecule has 2 heterocycles. The lowest BCUT2D eigenvalue weighted by Crippen LogP contribution is -2.18. The van der Waals surface area contributed by atoms with Crippen molar-refractivity contribution in [3.63, 3.8) is 0 Å². The summed E-state index contributed by atoms with van der Waals surface area (Å²) in [6, 6.07) is 14.5. The normalized spacial score (nSPS) is 12.7. The Balaban J connectivity index is 0.000000655. The van der Waals surface area contributed by atoms with Gasteiger partial charge in [-0.25, -0.2) is 9.37 Å². The van der Waals surface area contributed by atoms with Crippen LogP contribution in [0.15, 0.2) is 42.5 Å². The highest BCUT2D eigenvalue weighted by Crippen LogP contribution is 2.34. The average Bonchev–Trinajstić information content (AvgIpc) is 3.44. The number of benzene rings is 2. The van der Waals surface area contributed by atoms with Gasteiger partial charge in [-0.05, 0) is 75.0 Å². The molecule has 0 aliphatic carbocycles. The van der Waals surface area contributed by atoms with Crippen LogP contribution in [0.25, 0.3) is 22.2 Å². The summed E-state index contributed by atoms with van der Waals surface area (Å²) in [5.41, 5.74) is 6.17. The second-order valence-electron chi connectivity index (χ2n) is 8.94. The Morgan fingerprint density at radius 3 is 2.17 bits per heavy atom. The van der Waals surface area contributed by atoms with Crippen LogP contribution in [-0.4, -0.2) is 31.7 Å². The van der Waals surface area contributed by atoms with Crippen molar-refractivity contribution in [2.24, 2.45) is 0 Å². The molecule has 0 bridgehead atoms. The van der Waals surface area contributed by atoms with Gasteiger partial charge in [0, 0.05) is 29.7 Å². The summed E-state index contributed by atoms with van der Waals surface area (Å²) in [5.74, 6) is -0.124. The zero-order chi connectivity index (χ0) is 25.6. The van der Waals surface area contributed by atoms with E-state index in [0.29, 0.717) is 6.42 Å². The predicted molar refractivity (Wildman–Crippen MR) is 152 cm³/mol. The summed E-state index contributed by atoms with van der Waals surface area (Å²) >= 11 is 0. The first kappa shape index (κ1) is 28.8. The minimum atomic E-state index is -0.124. The average molecular weight is 480 g/mol. The number of halogens is 1. The first-order chi connectivity index (χ1) is 17.1. The maximum absolute atomic E-state index is 14.5. The molecule has 1 aromatic heterocycles. The van der Waals surface area contributed by atoms with Gasteiger partial charge in [-0.1, -0.05) is 71.7 Å². The summed E-state index contributed by atoms with van der Waals surface area (Å²) in [6.45, 7) is 13.4. The number of anilines is 1. The fourth-order valence-electron chi connectivity index (χ4n) is 4.22. The van der Waals surface area contributed by atoms with Crippen LogP contribution in [0.2, 0.25) is 0 Å². The molecule has 192 valence electrons. The van der Waals surface area contributed by atoms with Crippen LogP contribution in [0.5, 0.6) is 0 Å². The lowest BCUT2D eigenvalue weighted by molar-refractivity contribution is 0.614. The number of fused-ring (bicyclic) bond motifs is 1. The minimum absolute atomic E-state index is 0.124. The zero-order valence-electron chi connectivity index (χ0n) is 22.9. The highest BCUT2D eigenvalue weighted by atomic mass is 19.1. The largest absolute Gasteiger partial charge is 0.371 e. The van der Waals surface area contributed by atoms with Crippen LogP contribution < -0.4 is 10.2 Å². The van der Waals surface area contributed by atoms with Crippen molar-refractivity contribution in [2.75, 3.05) is 31.6 Å². The van der Waals surface area contributed by atoms with Gasteiger partial charge in [-0.3, -0.25) is 0 Å². The maximum Gasteiger partial charge on any atom is 0.127 e. The number of aryl methyl sites for hydroxylation is 2. The molecule has 0 amide bonds. The summed E-state index contributed by atoms with van der Waals surface area (Å²) < 4.78 is 14.5. The Labute approximate surface area is 213 Å². The van der Waals surface area contributed by atoms with Crippen molar-refractivity contribution >= 4 is 16.6 Å². The van der Waals surface area contributed by atoms with Crippen molar-refractivity contribution in [1.29, 1.82) is 0 Å². The molecule has 0 atom stereocenters. The molecule has 0 radical (unpaired) electrons. The maximum atomic E-state index is 14.5. The monoisotopic (exact) mass is 479 g/mol. The van der Waals surface area contributed by atoms with E-state index in [9.17, 15) is 4.39 Å². The highest BCUT2D eigenvalue weighted by Gasteiger charge is 2.18. The van der Waals surface area contributed by atoms with E-state index in [4.69, 9.17) is 4.98 Å². The van der Waals surface area contributed by atoms with Crippen LogP contribution in [-0.2, 0) is 12.8 Å². The van der Waals surface area contributed by atoms with Gasteiger partial charge in [0.15, 0.2) is 0 Å². The van der Waals surface area contributed by atoms with Crippen LogP contribution in [0.4, 0.5) is 10.1 Å². The van der Waals surface area contributed by atoms with Crippen molar-refractivity contribution < 1.29 is 4.39 Å². The molecule has 1 fully saturated rings. The number of nitrogens with one attached hydrogen (secondary N) is 1. The number of hydrogen-bond donors (Lipinski definition) is 1. The number of nitrogens with zero attached hydrogens (tertiary/aromatic N) is 2. The summed E-state index contributed by atoms with van der Waals surface area (Å²) in [6.07, 6.45) is 7.90. The second kappa shape index (κ2) is 15.5. The van der Waals surface area contributed by atoms with E-state index in [2.05, 4.69) is 54.4 Å². The van der Waals surface area contributed by atoms with Crippen molar-refractivity contribution in [3.8, 4) is 11.3 Å². The van der Waals surface area contributed by atoms with E-state index in [1.807, 2.05) is 33.9 Å². The first-order valence-electron chi connectivity index (χ1n) is 13.7. The molecular weight excluding hydrogens is 433 g/mol. The molecule has 4 rings (SSSR count). The van der Waals surface area contributed by atoms with E-state index in [0.717, 1.165) is 65.9 Å². The summed E-state index contributed by atoms with van der Waals surface area (Å²) in [4.78, 5) is 7.31. The lowest BCUT2D eigenvalue weighted by Gasteiger charge is -2.21. The molecular formula is C31H46FN3. The molecule has 1 aliphatic heterocycles. The quantitative estimate of drug-likeness (QED) is 0.330. The van der Waals surface area contributed by atoms with Crippen LogP contribution in [0.3, 0.4) is 0 Å².